The minimum atomic E-state index is 0.208. The van der Waals surface area contributed by atoms with Crippen LogP contribution in [0.3, 0.4) is 0 Å². The number of thiophene rings is 1. The largest absolute Gasteiger partial charge is 0.337 e. The van der Waals surface area contributed by atoms with E-state index in [1.54, 1.807) is 11.3 Å². The van der Waals surface area contributed by atoms with Crippen molar-refractivity contribution < 1.29 is 4.79 Å². The lowest BCUT2D eigenvalue weighted by Gasteiger charge is -2.29. The molecule has 0 spiro atoms. The number of carbonyl (C=O) groups is 1. The first-order chi connectivity index (χ1) is 10.3. The van der Waals surface area contributed by atoms with E-state index in [9.17, 15) is 4.79 Å². The van der Waals surface area contributed by atoms with Crippen LogP contribution in [-0.2, 0) is 0 Å². The smallest absolute Gasteiger partial charge is 0.254 e. The van der Waals surface area contributed by atoms with Crippen molar-refractivity contribution in [3.8, 4) is 0 Å². The fraction of sp³-hybridized carbons (Fsp3) is 0.688. The van der Waals surface area contributed by atoms with E-state index in [0.717, 1.165) is 44.1 Å². The second-order valence-electron chi connectivity index (χ2n) is 6.15. The highest BCUT2D eigenvalue weighted by Gasteiger charge is 2.22. The predicted octanol–water partition coefficient (Wildman–Crippen LogP) is 1.90. The van der Waals surface area contributed by atoms with Crippen molar-refractivity contribution >= 4 is 17.2 Å². The van der Waals surface area contributed by atoms with Crippen molar-refractivity contribution in [2.75, 3.05) is 45.8 Å². The molecule has 21 heavy (non-hydrogen) atoms. The Morgan fingerprint density at radius 2 is 2.10 bits per heavy atom. The van der Waals surface area contributed by atoms with Crippen LogP contribution < -0.4 is 5.32 Å². The fourth-order valence-electron chi connectivity index (χ4n) is 3.35. The zero-order valence-electron chi connectivity index (χ0n) is 12.6. The maximum Gasteiger partial charge on any atom is 0.254 e. The fourth-order valence-corrected chi connectivity index (χ4v) is 3.98. The predicted molar refractivity (Wildman–Crippen MR) is 86.9 cm³/mol. The molecule has 2 saturated heterocycles. The topological polar surface area (TPSA) is 35.6 Å². The van der Waals surface area contributed by atoms with Crippen molar-refractivity contribution in [3.63, 3.8) is 0 Å². The number of hydrogen-bond acceptors (Lipinski definition) is 4. The molecule has 0 aromatic carbocycles. The second-order valence-corrected chi connectivity index (χ2v) is 6.93. The van der Waals surface area contributed by atoms with Gasteiger partial charge in [0.1, 0.15) is 0 Å². The maximum absolute atomic E-state index is 12.4. The molecule has 5 heteroatoms. The van der Waals surface area contributed by atoms with Crippen LogP contribution in [0, 0.1) is 5.92 Å². The third kappa shape index (κ3) is 4.05. The highest BCUT2D eigenvalue weighted by Crippen LogP contribution is 2.16. The molecule has 116 valence electrons. The molecule has 0 aliphatic carbocycles. The highest BCUT2D eigenvalue weighted by molar-refractivity contribution is 7.08. The van der Waals surface area contributed by atoms with Gasteiger partial charge in [0.2, 0.25) is 0 Å². The van der Waals surface area contributed by atoms with Gasteiger partial charge in [-0.25, -0.2) is 0 Å². The van der Waals surface area contributed by atoms with Gasteiger partial charge in [-0.15, -0.1) is 0 Å². The van der Waals surface area contributed by atoms with E-state index in [1.165, 1.54) is 32.5 Å². The third-order valence-electron chi connectivity index (χ3n) is 4.62. The van der Waals surface area contributed by atoms with Crippen LogP contribution in [0.2, 0.25) is 0 Å². The number of carbonyl (C=O) groups excluding carboxylic acids is 1. The van der Waals surface area contributed by atoms with E-state index in [0.29, 0.717) is 0 Å². The number of nitrogens with zero attached hydrogens (tertiary/aromatic N) is 2. The molecule has 1 aromatic heterocycles. The normalized spacial score (nSPS) is 22.2. The molecule has 1 aromatic rings. The lowest BCUT2D eigenvalue weighted by atomic mass is 9.97. The van der Waals surface area contributed by atoms with Crippen LogP contribution >= 0.6 is 11.3 Å². The molecule has 0 bridgehead atoms. The van der Waals surface area contributed by atoms with E-state index in [2.05, 4.69) is 10.2 Å². The van der Waals surface area contributed by atoms with E-state index >= 15 is 0 Å². The van der Waals surface area contributed by atoms with Crippen LogP contribution in [0.4, 0.5) is 0 Å². The van der Waals surface area contributed by atoms with Gasteiger partial charge in [0.25, 0.3) is 5.91 Å². The van der Waals surface area contributed by atoms with Gasteiger partial charge in [0.05, 0.1) is 5.56 Å². The first-order valence-electron chi connectivity index (χ1n) is 8.07. The molecule has 3 rings (SSSR count). The van der Waals surface area contributed by atoms with Gasteiger partial charge in [0, 0.05) is 31.6 Å². The Labute approximate surface area is 131 Å². The molecule has 4 nitrogen and oxygen atoms in total. The van der Waals surface area contributed by atoms with Crippen LogP contribution in [0.25, 0.3) is 0 Å². The second kappa shape index (κ2) is 7.38. The summed E-state index contributed by atoms with van der Waals surface area (Å²) in [6.07, 6.45) is 3.70. The molecule has 0 atom stereocenters. The van der Waals surface area contributed by atoms with Crippen molar-refractivity contribution in [1.29, 1.82) is 0 Å². The van der Waals surface area contributed by atoms with Crippen molar-refractivity contribution in [1.82, 2.24) is 15.1 Å². The van der Waals surface area contributed by atoms with Gasteiger partial charge in [0.15, 0.2) is 0 Å². The molecule has 2 aliphatic heterocycles. The third-order valence-corrected chi connectivity index (χ3v) is 5.30. The Hall–Kier alpha value is -0.910. The summed E-state index contributed by atoms with van der Waals surface area (Å²) in [6, 6.07) is 1.94. The molecular formula is C16H25N3OS. The van der Waals surface area contributed by atoms with Crippen LogP contribution in [-0.4, -0.2) is 61.5 Å². The number of rotatable bonds is 3. The molecule has 0 saturated carbocycles. The summed E-state index contributed by atoms with van der Waals surface area (Å²) in [7, 11) is 0. The van der Waals surface area contributed by atoms with E-state index in [-0.39, 0.29) is 5.91 Å². The van der Waals surface area contributed by atoms with E-state index in [4.69, 9.17) is 0 Å². The SMILES string of the molecule is O=C(c1ccsc1)N1CCCN(CC2CCNCC2)CC1. The lowest BCUT2D eigenvalue weighted by molar-refractivity contribution is 0.0760. The van der Waals surface area contributed by atoms with Crippen molar-refractivity contribution in [2.45, 2.75) is 19.3 Å². The Morgan fingerprint density at radius 1 is 1.24 bits per heavy atom. The van der Waals surface area contributed by atoms with Gasteiger partial charge in [-0.05, 0) is 56.3 Å². The molecule has 1 amide bonds. The molecule has 2 aliphatic rings. The zero-order valence-corrected chi connectivity index (χ0v) is 13.4. The first kappa shape index (κ1) is 15.0. The minimum Gasteiger partial charge on any atom is -0.337 e. The average Bonchev–Trinajstić information content (AvgIpc) is 2.95. The Kier molecular flexibility index (Phi) is 5.27. The van der Waals surface area contributed by atoms with Crippen LogP contribution in [0.1, 0.15) is 29.6 Å². The molecule has 1 N–H and O–H groups in total. The quantitative estimate of drug-likeness (QED) is 0.926. The van der Waals surface area contributed by atoms with Crippen LogP contribution in [0.15, 0.2) is 16.8 Å². The Morgan fingerprint density at radius 3 is 2.86 bits per heavy atom. The van der Waals surface area contributed by atoms with Gasteiger partial charge in [-0.2, -0.15) is 11.3 Å². The van der Waals surface area contributed by atoms with Gasteiger partial charge < -0.3 is 15.1 Å². The van der Waals surface area contributed by atoms with E-state index in [1.807, 2.05) is 21.7 Å². The first-order valence-corrected chi connectivity index (χ1v) is 9.02. The monoisotopic (exact) mass is 307 g/mol. The summed E-state index contributed by atoms with van der Waals surface area (Å²) >= 11 is 1.60. The number of amides is 1. The zero-order chi connectivity index (χ0) is 14.5. The Bertz CT molecular complexity index is 442. The van der Waals surface area contributed by atoms with Gasteiger partial charge >= 0.3 is 0 Å². The number of piperidine rings is 1. The van der Waals surface area contributed by atoms with Crippen molar-refractivity contribution in [3.05, 3.63) is 22.4 Å². The number of hydrogen-bond donors (Lipinski definition) is 1. The summed E-state index contributed by atoms with van der Waals surface area (Å²) in [4.78, 5) is 17.0. The summed E-state index contributed by atoms with van der Waals surface area (Å²) < 4.78 is 0. The summed E-state index contributed by atoms with van der Waals surface area (Å²) in [6.45, 7) is 7.49. The highest BCUT2D eigenvalue weighted by atomic mass is 32.1. The molecule has 0 unspecified atom stereocenters. The van der Waals surface area contributed by atoms with Gasteiger partial charge in [-0.1, -0.05) is 0 Å². The lowest BCUT2D eigenvalue weighted by Crippen LogP contribution is -2.39. The van der Waals surface area contributed by atoms with Crippen LogP contribution in [0.5, 0.6) is 0 Å². The average molecular weight is 307 g/mol. The maximum atomic E-state index is 12.4. The molecule has 3 heterocycles. The van der Waals surface area contributed by atoms with E-state index < -0.39 is 0 Å². The summed E-state index contributed by atoms with van der Waals surface area (Å²) in [5, 5.41) is 7.37. The summed E-state index contributed by atoms with van der Waals surface area (Å²) in [5.41, 5.74) is 0.854. The molecular weight excluding hydrogens is 282 g/mol. The number of nitrogens with one attached hydrogen (secondary N) is 1. The Balaban J connectivity index is 1.50. The minimum absolute atomic E-state index is 0.208. The molecule has 0 radical (unpaired) electrons. The standard InChI is InChI=1S/C16H25N3OS/c20-16(15-4-11-21-13-15)19-8-1-7-18(9-10-19)12-14-2-5-17-6-3-14/h4,11,13-14,17H,1-3,5-10,12H2. The van der Waals surface area contributed by atoms with Crippen molar-refractivity contribution in [2.24, 2.45) is 5.92 Å². The summed E-state index contributed by atoms with van der Waals surface area (Å²) in [5.74, 6) is 1.05. The molecule has 2 fully saturated rings. The van der Waals surface area contributed by atoms with Gasteiger partial charge in [-0.3, -0.25) is 4.79 Å².